The Balaban J connectivity index is 1.42. The van der Waals surface area contributed by atoms with Gasteiger partial charge in [-0.3, -0.25) is 14.4 Å². The first-order valence-corrected chi connectivity index (χ1v) is 9.10. The monoisotopic (exact) mass is 341 g/mol. The van der Waals surface area contributed by atoms with E-state index in [-0.39, 0.29) is 30.3 Å². The van der Waals surface area contributed by atoms with Crippen molar-refractivity contribution in [1.29, 1.82) is 0 Å². The predicted molar refractivity (Wildman–Crippen MR) is 91.7 cm³/mol. The first-order valence-electron chi connectivity index (χ1n) is 9.10. The van der Waals surface area contributed by atoms with Gasteiger partial charge >= 0.3 is 0 Å². The summed E-state index contributed by atoms with van der Waals surface area (Å²) in [5.41, 5.74) is 1.65. The second-order valence-corrected chi connectivity index (χ2v) is 7.10. The highest BCUT2D eigenvalue weighted by molar-refractivity contribution is 6.00. The lowest BCUT2D eigenvalue weighted by Gasteiger charge is -2.29. The molecule has 3 aliphatic rings. The van der Waals surface area contributed by atoms with Crippen molar-refractivity contribution in [3.05, 3.63) is 35.4 Å². The summed E-state index contributed by atoms with van der Waals surface area (Å²) in [6, 6.07) is 7.13. The van der Waals surface area contributed by atoms with Crippen molar-refractivity contribution in [2.24, 2.45) is 0 Å². The van der Waals surface area contributed by atoms with Crippen LogP contribution < -0.4 is 0 Å². The third-order valence-electron chi connectivity index (χ3n) is 5.50. The van der Waals surface area contributed by atoms with Crippen molar-refractivity contribution in [3.8, 4) is 0 Å². The van der Waals surface area contributed by atoms with Crippen LogP contribution in [0.25, 0.3) is 0 Å². The zero-order valence-corrected chi connectivity index (χ0v) is 14.3. The Bertz CT molecular complexity index is 712. The Labute approximate surface area is 147 Å². The second kappa shape index (κ2) is 6.50. The molecule has 0 aromatic heterocycles. The van der Waals surface area contributed by atoms with Gasteiger partial charge in [-0.15, -0.1) is 0 Å². The highest BCUT2D eigenvalue weighted by atomic mass is 16.2. The maximum absolute atomic E-state index is 12.8. The van der Waals surface area contributed by atoms with Crippen molar-refractivity contribution in [3.63, 3.8) is 0 Å². The van der Waals surface area contributed by atoms with E-state index in [1.165, 1.54) is 0 Å². The highest BCUT2D eigenvalue weighted by Gasteiger charge is 2.38. The van der Waals surface area contributed by atoms with Crippen LogP contribution in [0.4, 0.5) is 0 Å². The van der Waals surface area contributed by atoms with Gasteiger partial charge in [0.25, 0.3) is 5.91 Å². The Morgan fingerprint density at radius 2 is 1.80 bits per heavy atom. The third-order valence-corrected chi connectivity index (χ3v) is 5.50. The van der Waals surface area contributed by atoms with Gasteiger partial charge in [0.15, 0.2) is 0 Å². The van der Waals surface area contributed by atoms with Gasteiger partial charge in [-0.05, 0) is 37.3 Å². The molecular weight excluding hydrogens is 318 g/mol. The van der Waals surface area contributed by atoms with Gasteiger partial charge < -0.3 is 14.7 Å². The van der Waals surface area contributed by atoms with Crippen LogP contribution in [0.1, 0.15) is 41.6 Å². The SMILES string of the molecule is O=C1c2ccccc2CN1CC(=O)N1CCC[C@H]1C(=O)N1CCCC1. The topological polar surface area (TPSA) is 60.9 Å². The number of hydrogen-bond acceptors (Lipinski definition) is 3. The van der Waals surface area contributed by atoms with Crippen LogP contribution in [0.3, 0.4) is 0 Å². The fraction of sp³-hybridized carbons (Fsp3) is 0.526. The van der Waals surface area contributed by atoms with Gasteiger partial charge in [-0.2, -0.15) is 0 Å². The molecule has 25 heavy (non-hydrogen) atoms. The molecule has 3 aliphatic heterocycles. The van der Waals surface area contributed by atoms with Crippen LogP contribution in [0.2, 0.25) is 0 Å². The molecule has 0 bridgehead atoms. The van der Waals surface area contributed by atoms with Crippen LogP contribution in [0.5, 0.6) is 0 Å². The molecule has 1 atom stereocenters. The number of amides is 3. The van der Waals surface area contributed by atoms with E-state index >= 15 is 0 Å². The molecule has 3 amide bonds. The summed E-state index contributed by atoms with van der Waals surface area (Å²) in [6.07, 6.45) is 3.68. The fourth-order valence-electron chi connectivity index (χ4n) is 4.17. The van der Waals surface area contributed by atoms with Gasteiger partial charge in [-0.1, -0.05) is 18.2 Å². The fourth-order valence-corrected chi connectivity index (χ4v) is 4.17. The Morgan fingerprint density at radius 1 is 1.04 bits per heavy atom. The lowest BCUT2D eigenvalue weighted by atomic mass is 10.1. The van der Waals surface area contributed by atoms with E-state index < -0.39 is 0 Å². The van der Waals surface area contributed by atoms with Gasteiger partial charge in [0.05, 0.1) is 0 Å². The summed E-state index contributed by atoms with van der Waals surface area (Å²) < 4.78 is 0. The molecule has 1 aromatic rings. The van der Waals surface area contributed by atoms with Gasteiger partial charge in [0, 0.05) is 31.7 Å². The van der Waals surface area contributed by atoms with Crippen molar-refractivity contribution in [2.75, 3.05) is 26.2 Å². The molecule has 3 heterocycles. The Hall–Kier alpha value is -2.37. The minimum absolute atomic E-state index is 0.0529. The Kier molecular flexibility index (Phi) is 4.19. The zero-order chi connectivity index (χ0) is 17.4. The smallest absolute Gasteiger partial charge is 0.254 e. The van der Waals surface area contributed by atoms with Gasteiger partial charge in [0.2, 0.25) is 11.8 Å². The number of hydrogen-bond donors (Lipinski definition) is 0. The first-order chi connectivity index (χ1) is 12.1. The molecule has 132 valence electrons. The third kappa shape index (κ3) is 2.90. The molecule has 4 rings (SSSR count). The molecule has 0 radical (unpaired) electrons. The van der Waals surface area contributed by atoms with E-state index in [1.807, 2.05) is 23.1 Å². The van der Waals surface area contributed by atoms with Gasteiger partial charge in [-0.25, -0.2) is 0 Å². The number of benzene rings is 1. The quantitative estimate of drug-likeness (QED) is 0.831. The first kappa shape index (κ1) is 16.1. The van der Waals surface area contributed by atoms with E-state index in [0.717, 1.165) is 44.3 Å². The van der Waals surface area contributed by atoms with Crippen LogP contribution in [0.15, 0.2) is 24.3 Å². The van der Waals surface area contributed by atoms with E-state index in [2.05, 4.69) is 0 Å². The molecule has 0 aliphatic carbocycles. The molecule has 0 N–H and O–H groups in total. The maximum Gasteiger partial charge on any atom is 0.254 e. The second-order valence-electron chi connectivity index (χ2n) is 7.10. The van der Waals surface area contributed by atoms with Crippen LogP contribution in [-0.4, -0.2) is 64.6 Å². The molecule has 0 spiro atoms. The van der Waals surface area contributed by atoms with E-state index in [1.54, 1.807) is 15.9 Å². The average molecular weight is 341 g/mol. The van der Waals surface area contributed by atoms with Crippen molar-refractivity contribution >= 4 is 17.7 Å². The van der Waals surface area contributed by atoms with Crippen LogP contribution in [-0.2, 0) is 16.1 Å². The average Bonchev–Trinajstić information content (AvgIpc) is 3.35. The minimum Gasteiger partial charge on any atom is -0.341 e. The lowest BCUT2D eigenvalue weighted by Crippen LogP contribution is -2.49. The van der Waals surface area contributed by atoms with E-state index in [9.17, 15) is 14.4 Å². The summed E-state index contributed by atoms with van der Waals surface area (Å²) in [5.74, 6) is -0.124. The molecule has 1 aromatic carbocycles. The standard InChI is InChI=1S/C19H23N3O3/c23-17(13-21-12-14-6-1-2-7-15(14)18(21)24)22-11-5-8-16(22)19(25)20-9-3-4-10-20/h1-2,6-7,16H,3-5,8-13H2/t16-/m0/s1. The molecule has 0 unspecified atom stereocenters. The molecule has 6 nitrogen and oxygen atoms in total. The number of likely N-dealkylation sites (tertiary alicyclic amines) is 2. The largest absolute Gasteiger partial charge is 0.341 e. The normalized spacial score (nSPS) is 22.6. The summed E-state index contributed by atoms with van der Waals surface area (Å²) in [7, 11) is 0. The number of fused-ring (bicyclic) bond motifs is 1. The number of carbonyl (C=O) groups is 3. The molecule has 2 saturated heterocycles. The van der Waals surface area contributed by atoms with Crippen molar-refractivity contribution in [2.45, 2.75) is 38.3 Å². The summed E-state index contributed by atoms with van der Waals surface area (Å²) in [5, 5.41) is 0. The van der Waals surface area contributed by atoms with Gasteiger partial charge in [0.1, 0.15) is 12.6 Å². The summed E-state index contributed by atoms with van der Waals surface area (Å²) >= 11 is 0. The highest BCUT2D eigenvalue weighted by Crippen LogP contribution is 2.25. The zero-order valence-electron chi connectivity index (χ0n) is 14.3. The van der Waals surface area contributed by atoms with E-state index in [0.29, 0.717) is 18.7 Å². The molecule has 2 fully saturated rings. The molecule has 6 heteroatoms. The molecular formula is C19H23N3O3. The molecule has 0 saturated carbocycles. The van der Waals surface area contributed by atoms with Crippen LogP contribution >= 0.6 is 0 Å². The number of nitrogens with zero attached hydrogens (tertiary/aromatic N) is 3. The lowest BCUT2D eigenvalue weighted by molar-refractivity contribution is -0.143. The minimum atomic E-state index is -0.342. The van der Waals surface area contributed by atoms with Crippen molar-refractivity contribution < 1.29 is 14.4 Å². The van der Waals surface area contributed by atoms with Crippen molar-refractivity contribution in [1.82, 2.24) is 14.7 Å². The maximum atomic E-state index is 12.8. The van der Waals surface area contributed by atoms with Crippen LogP contribution in [0, 0.1) is 0 Å². The number of rotatable bonds is 3. The summed E-state index contributed by atoms with van der Waals surface area (Å²) in [6.45, 7) is 2.74. The summed E-state index contributed by atoms with van der Waals surface area (Å²) in [4.78, 5) is 43.1. The Morgan fingerprint density at radius 3 is 2.56 bits per heavy atom. The number of carbonyl (C=O) groups excluding carboxylic acids is 3. The predicted octanol–water partition coefficient (Wildman–Crippen LogP) is 1.26. The van der Waals surface area contributed by atoms with E-state index in [4.69, 9.17) is 0 Å².